The number of hydrogen-bond donors (Lipinski definition) is 1. The van der Waals surface area contributed by atoms with Crippen LogP contribution in [0.15, 0.2) is 43.0 Å². The highest BCUT2D eigenvalue weighted by Gasteiger charge is 2.13. The van der Waals surface area contributed by atoms with E-state index in [4.69, 9.17) is 0 Å². The van der Waals surface area contributed by atoms with Gasteiger partial charge in [0, 0.05) is 18.6 Å². The van der Waals surface area contributed by atoms with Crippen LogP contribution in [0.2, 0.25) is 0 Å². The van der Waals surface area contributed by atoms with Crippen LogP contribution in [-0.2, 0) is 0 Å². The molecule has 0 aromatic carbocycles. The molecule has 0 atom stereocenters. The minimum atomic E-state index is -0.271. The van der Waals surface area contributed by atoms with Crippen molar-refractivity contribution in [1.82, 2.24) is 19.6 Å². The van der Waals surface area contributed by atoms with E-state index in [1.807, 2.05) is 13.0 Å². The van der Waals surface area contributed by atoms with Gasteiger partial charge >= 0.3 is 0 Å². The van der Waals surface area contributed by atoms with E-state index in [2.05, 4.69) is 20.4 Å². The Balaban J connectivity index is 1.92. The Hall–Kier alpha value is -2.76. The molecule has 1 amide bonds. The van der Waals surface area contributed by atoms with Crippen LogP contribution in [0.3, 0.4) is 0 Å². The number of pyridine rings is 1. The Kier molecular flexibility index (Phi) is 2.68. The molecule has 0 fully saturated rings. The summed E-state index contributed by atoms with van der Waals surface area (Å²) >= 11 is 0. The number of anilines is 1. The fourth-order valence-electron chi connectivity index (χ4n) is 1.78. The minimum absolute atomic E-state index is 0.271. The molecule has 3 rings (SSSR count). The topological polar surface area (TPSA) is 72.2 Å². The molecule has 0 aliphatic heterocycles. The number of carbonyl (C=O) groups excluding carboxylic acids is 1. The minimum Gasteiger partial charge on any atom is -0.306 e. The Bertz CT molecular complexity index is 749. The molecule has 0 aliphatic rings. The molecule has 19 heavy (non-hydrogen) atoms. The first-order valence-corrected chi connectivity index (χ1v) is 5.76. The largest absolute Gasteiger partial charge is 0.306 e. The maximum absolute atomic E-state index is 12.2. The molecule has 3 aromatic heterocycles. The number of rotatable bonds is 2. The van der Waals surface area contributed by atoms with Gasteiger partial charge in [-0.1, -0.05) is 0 Å². The number of amides is 1. The summed E-state index contributed by atoms with van der Waals surface area (Å²) in [7, 11) is 0. The summed E-state index contributed by atoms with van der Waals surface area (Å²) < 4.78 is 1.55. The molecular weight excluding hydrogens is 242 g/mol. The van der Waals surface area contributed by atoms with Crippen LogP contribution >= 0.6 is 0 Å². The average molecular weight is 253 g/mol. The van der Waals surface area contributed by atoms with Gasteiger partial charge in [-0.05, 0) is 30.7 Å². The van der Waals surface area contributed by atoms with Gasteiger partial charge in [0.2, 0.25) is 0 Å². The van der Waals surface area contributed by atoms with Crippen molar-refractivity contribution in [1.29, 1.82) is 0 Å². The number of aryl methyl sites for hydroxylation is 1. The van der Waals surface area contributed by atoms with E-state index in [1.165, 1.54) is 6.20 Å². The highest BCUT2D eigenvalue weighted by molar-refractivity contribution is 6.07. The van der Waals surface area contributed by atoms with E-state index in [-0.39, 0.29) is 5.91 Å². The van der Waals surface area contributed by atoms with Gasteiger partial charge in [-0.2, -0.15) is 5.10 Å². The van der Waals surface area contributed by atoms with Crippen LogP contribution in [0.25, 0.3) is 5.65 Å². The third kappa shape index (κ3) is 2.15. The lowest BCUT2D eigenvalue weighted by molar-refractivity contribution is 0.102. The third-order valence-electron chi connectivity index (χ3n) is 2.68. The predicted octanol–water partition coefficient (Wildman–Crippen LogP) is 1.69. The maximum Gasteiger partial charge on any atom is 0.262 e. The molecule has 3 heterocycles. The van der Waals surface area contributed by atoms with Crippen molar-refractivity contribution < 1.29 is 4.79 Å². The van der Waals surface area contributed by atoms with Crippen molar-refractivity contribution in [3.05, 3.63) is 54.1 Å². The molecular formula is C13H11N5O. The highest BCUT2D eigenvalue weighted by Crippen LogP contribution is 2.11. The molecule has 3 aromatic rings. The highest BCUT2D eigenvalue weighted by atomic mass is 16.1. The van der Waals surface area contributed by atoms with Crippen molar-refractivity contribution in [3.8, 4) is 0 Å². The second-order valence-electron chi connectivity index (χ2n) is 4.12. The lowest BCUT2D eigenvalue weighted by Crippen LogP contribution is -2.13. The summed E-state index contributed by atoms with van der Waals surface area (Å²) in [4.78, 5) is 20.4. The van der Waals surface area contributed by atoms with Crippen molar-refractivity contribution in [2.45, 2.75) is 6.92 Å². The second-order valence-corrected chi connectivity index (χ2v) is 4.12. The molecule has 94 valence electrons. The Morgan fingerprint density at radius 2 is 2.21 bits per heavy atom. The molecule has 0 saturated heterocycles. The SMILES string of the molecule is Cc1ccnc(NC(=O)c2cnn3cccnc23)c1. The van der Waals surface area contributed by atoms with Gasteiger partial charge in [0.05, 0.1) is 6.20 Å². The molecule has 0 radical (unpaired) electrons. The van der Waals surface area contributed by atoms with Crippen molar-refractivity contribution in [3.63, 3.8) is 0 Å². The quantitative estimate of drug-likeness (QED) is 0.754. The monoisotopic (exact) mass is 253 g/mol. The first kappa shape index (κ1) is 11.3. The summed E-state index contributed by atoms with van der Waals surface area (Å²) in [6.07, 6.45) is 6.51. The summed E-state index contributed by atoms with van der Waals surface area (Å²) in [5, 5.41) is 6.81. The standard InChI is InChI=1S/C13H11N5O/c1-9-3-5-14-11(7-9)17-13(19)10-8-16-18-6-2-4-15-12(10)18/h2-8H,1H3,(H,14,17,19). The number of nitrogens with one attached hydrogen (secondary N) is 1. The predicted molar refractivity (Wildman–Crippen MR) is 69.9 cm³/mol. The van der Waals surface area contributed by atoms with Crippen LogP contribution in [0.1, 0.15) is 15.9 Å². The molecule has 0 spiro atoms. The Labute approximate surface area is 109 Å². The number of fused-ring (bicyclic) bond motifs is 1. The van der Waals surface area contributed by atoms with Gasteiger partial charge in [-0.15, -0.1) is 0 Å². The van der Waals surface area contributed by atoms with E-state index in [9.17, 15) is 4.79 Å². The van der Waals surface area contributed by atoms with Crippen molar-refractivity contribution in [2.75, 3.05) is 5.32 Å². The normalized spacial score (nSPS) is 10.6. The summed E-state index contributed by atoms with van der Waals surface area (Å²) in [5.41, 5.74) is 1.97. The summed E-state index contributed by atoms with van der Waals surface area (Å²) in [6, 6.07) is 5.42. The molecule has 0 bridgehead atoms. The molecule has 0 unspecified atom stereocenters. The lowest BCUT2D eigenvalue weighted by atomic mass is 10.3. The third-order valence-corrected chi connectivity index (χ3v) is 2.68. The van der Waals surface area contributed by atoms with E-state index >= 15 is 0 Å². The first-order chi connectivity index (χ1) is 9.24. The Morgan fingerprint density at radius 1 is 1.32 bits per heavy atom. The number of carbonyl (C=O) groups is 1. The van der Waals surface area contributed by atoms with Gasteiger partial charge in [0.15, 0.2) is 5.65 Å². The zero-order valence-corrected chi connectivity index (χ0v) is 10.2. The van der Waals surface area contributed by atoms with Gasteiger partial charge < -0.3 is 5.32 Å². The van der Waals surface area contributed by atoms with E-state index < -0.39 is 0 Å². The van der Waals surface area contributed by atoms with Gasteiger partial charge in [0.1, 0.15) is 11.4 Å². The zero-order chi connectivity index (χ0) is 13.2. The molecule has 6 nitrogen and oxygen atoms in total. The molecule has 0 saturated carbocycles. The molecule has 1 N–H and O–H groups in total. The number of nitrogens with zero attached hydrogens (tertiary/aromatic N) is 4. The zero-order valence-electron chi connectivity index (χ0n) is 10.2. The van der Waals surface area contributed by atoms with Crippen LogP contribution in [-0.4, -0.2) is 25.5 Å². The summed E-state index contributed by atoms with van der Waals surface area (Å²) in [5.74, 6) is 0.243. The van der Waals surface area contributed by atoms with Crippen LogP contribution < -0.4 is 5.32 Å². The van der Waals surface area contributed by atoms with E-state index in [0.29, 0.717) is 17.0 Å². The first-order valence-electron chi connectivity index (χ1n) is 5.76. The average Bonchev–Trinajstić information content (AvgIpc) is 2.82. The Morgan fingerprint density at radius 3 is 3.05 bits per heavy atom. The van der Waals surface area contributed by atoms with Gasteiger partial charge in [0.25, 0.3) is 5.91 Å². The van der Waals surface area contributed by atoms with Crippen LogP contribution in [0.4, 0.5) is 5.82 Å². The van der Waals surface area contributed by atoms with Crippen LogP contribution in [0.5, 0.6) is 0 Å². The molecule has 0 aliphatic carbocycles. The fourth-order valence-corrected chi connectivity index (χ4v) is 1.78. The molecule has 6 heteroatoms. The summed E-state index contributed by atoms with van der Waals surface area (Å²) in [6.45, 7) is 1.94. The van der Waals surface area contributed by atoms with Gasteiger partial charge in [-0.3, -0.25) is 4.79 Å². The number of hydrogen-bond acceptors (Lipinski definition) is 4. The van der Waals surface area contributed by atoms with E-state index in [1.54, 1.807) is 35.2 Å². The fraction of sp³-hybridized carbons (Fsp3) is 0.0769. The van der Waals surface area contributed by atoms with Gasteiger partial charge in [-0.25, -0.2) is 14.5 Å². The maximum atomic E-state index is 12.2. The van der Waals surface area contributed by atoms with E-state index in [0.717, 1.165) is 5.56 Å². The second kappa shape index (κ2) is 4.49. The lowest BCUT2D eigenvalue weighted by Gasteiger charge is -2.03. The van der Waals surface area contributed by atoms with Crippen LogP contribution in [0, 0.1) is 6.92 Å². The van der Waals surface area contributed by atoms with Crippen molar-refractivity contribution in [2.24, 2.45) is 0 Å². The number of aromatic nitrogens is 4. The van der Waals surface area contributed by atoms with Crippen molar-refractivity contribution >= 4 is 17.4 Å². The smallest absolute Gasteiger partial charge is 0.262 e.